The molecule has 3 rings (SSSR count). The molecule has 2 unspecified atom stereocenters. The summed E-state index contributed by atoms with van der Waals surface area (Å²) in [5, 5.41) is 70.4. The molecule has 1 saturated heterocycles. The normalized spacial score (nSPS) is 24.5. The van der Waals surface area contributed by atoms with E-state index in [1.165, 1.54) is 43.0 Å². The number of aliphatic carboxylic acids is 2. The quantitative estimate of drug-likeness (QED) is 0.0696. The fourth-order valence-corrected chi connectivity index (χ4v) is 5.70. The fourth-order valence-electron chi connectivity index (χ4n) is 5.70. The van der Waals surface area contributed by atoms with E-state index in [4.69, 9.17) is 19.3 Å². The number of aliphatic hydroxyl groups is 4. The van der Waals surface area contributed by atoms with Crippen LogP contribution in [0.3, 0.4) is 0 Å². The molecule has 1 saturated carbocycles. The number of carboxylic acid groups (broad SMARTS) is 2. The van der Waals surface area contributed by atoms with Gasteiger partial charge in [0.05, 0.1) is 39.2 Å². The van der Waals surface area contributed by atoms with Crippen molar-refractivity contribution in [2.24, 2.45) is 5.92 Å². The molecule has 0 aromatic carbocycles. The van der Waals surface area contributed by atoms with Gasteiger partial charge in [-0.15, -0.1) is 5.10 Å². The first-order chi connectivity index (χ1) is 23.0. The summed E-state index contributed by atoms with van der Waals surface area (Å²) in [6.07, 6.45) is 2.57. The summed E-state index contributed by atoms with van der Waals surface area (Å²) in [5.74, 6) is -3.18. The molecular formula is C30H49N5O13. The molecule has 1 aliphatic heterocycles. The van der Waals surface area contributed by atoms with Gasteiger partial charge >= 0.3 is 11.9 Å². The Bertz CT molecular complexity index is 1160. The number of hydrogen-bond acceptors (Lipinski definition) is 13. The van der Waals surface area contributed by atoms with E-state index in [1.54, 1.807) is 0 Å². The van der Waals surface area contributed by atoms with Crippen molar-refractivity contribution in [2.75, 3.05) is 19.8 Å². The number of aliphatic hydroxyl groups excluding tert-OH is 4. The highest BCUT2D eigenvalue weighted by atomic mass is 16.7. The zero-order valence-corrected chi connectivity index (χ0v) is 26.9. The minimum Gasteiger partial charge on any atom is -0.481 e. The molecule has 0 spiro atoms. The van der Waals surface area contributed by atoms with Crippen LogP contribution in [0, 0.1) is 5.92 Å². The van der Waals surface area contributed by atoms with Crippen LogP contribution >= 0.6 is 0 Å². The smallest absolute Gasteiger partial charge is 0.326 e. The monoisotopic (exact) mass is 687 g/mol. The number of hydrogen-bond donors (Lipinski definition) is 8. The second-order valence-electron chi connectivity index (χ2n) is 12.3. The van der Waals surface area contributed by atoms with E-state index >= 15 is 0 Å². The van der Waals surface area contributed by atoms with E-state index in [2.05, 4.69) is 20.9 Å². The molecule has 0 radical (unpaired) electrons. The second kappa shape index (κ2) is 20.3. The number of carboxylic acids is 2. The van der Waals surface area contributed by atoms with Gasteiger partial charge in [-0.05, 0) is 18.8 Å². The predicted octanol–water partition coefficient (Wildman–Crippen LogP) is -1.33. The van der Waals surface area contributed by atoms with Crippen LogP contribution in [0.1, 0.15) is 76.3 Å². The van der Waals surface area contributed by atoms with E-state index in [0.717, 1.165) is 12.8 Å². The number of ether oxygens (including phenoxy) is 3. The van der Waals surface area contributed by atoms with Crippen molar-refractivity contribution in [1.82, 2.24) is 25.6 Å². The average Bonchev–Trinajstić information content (AvgIpc) is 3.52. The molecular weight excluding hydrogens is 638 g/mol. The van der Waals surface area contributed by atoms with Crippen molar-refractivity contribution in [3.8, 4) is 0 Å². The van der Waals surface area contributed by atoms with Gasteiger partial charge in [-0.3, -0.25) is 14.4 Å². The minimum absolute atomic E-state index is 0.0477. The van der Waals surface area contributed by atoms with Crippen molar-refractivity contribution in [1.29, 1.82) is 0 Å². The number of carbonyl (C=O) groups excluding carboxylic acids is 2. The molecule has 0 bridgehead atoms. The third kappa shape index (κ3) is 13.0. The third-order valence-electron chi connectivity index (χ3n) is 8.48. The van der Waals surface area contributed by atoms with Crippen molar-refractivity contribution in [3.63, 3.8) is 0 Å². The number of unbranched alkanes of at least 4 members (excludes halogenated alkanes) is 1. The molecule has 18 nitrogen and oxygen atoms in total. The highest BCUT2D eigenvalue weighted by molar-refractivity contribution is 5.90. The van der Waals surface area contributed by atoms with Gasteiger partial charge in [-0.25, -0.2) is 9.48 Å². The van der Waals surface area contributed by atoms with Gasteiger partial charge in [0.2, 0.25) is 11.8 Å². The summed E-state index contributed by atoms with van der Waals surface area (Å²) in [4.78, 5) is 48.4. The Labute approximate surface area is 277 Å². The first kappa shape index (κ1) is 39.2. The van der Waals surface area contributed by atoms with E-state index in [0.29, 0.717) is 18.0 Å². The molecule has 8 N–H and O–H groups in total. The van der Waals surface area contributed by atoms with Crippen LogP contribution in [-0.4, -0.2) is 132 Å². The molecule has 272 valence electrons. The van der Waals surface area contributed by atoms with Crippen LogP contribution < -0.4 is 10.6 Å². The summed E-state index contributed by atoms with van der Waals surface area (Å²) in [6.45, 7) is -0.965. The van der Waals surface area contributed by atoms with Crippen LogP contribution in [0.15, 0.2) is 6.20 Å². The van der Waals surface area contributed by atoms with E-state index < -0.39 is 79.6 Å². The van der Waals surface area contributed by atoms with Crippen molar-refractivity contribution < 1.29 is 64.0 Å². The number of nitrogens with zero attached hydrogens (tertiary/aromatic N) is 3. The molecule has 2 aliphatic rings. The predicted molar refractivity (Wildman–Crippen MR) is 163 cm³/mol. The Balaban J connectivity index is 1.49. The first-order valence-electron chi connectivity index (χ1n) is 16.4. The lowest BCUT2D eigenvalue weighted by molar-refractivity contribution is -0.301. The van der Waals surface area contributed by atoms with Gasteiger partial charge in [0.25, 0.3) is 0 Å². The number of nitrogens with one attached hydrogen (secondary N) is 2. The maximum atomic E-state index is 13.0. The third-order valence-corrected chi connectivity index (χ3v) is 8.48. The zero-order chi connectivity index (χ0) is 35.1. The maximum absolute atomic E-state index is 13.0. The molecule has 2 amide bonds. The van der Waals surface area contributed by atoms with Crippen molar-refractivity contribution in [2.45, 2.75) is 127 Å². The van der Waals surface area contributed by atoms with E-state index in [-0.39, 0.29) is 39.2 Å². The lowest BCUT2D eigenvalue weighted by Crippen LogP contribution is -2.59. The molecule has 1 aromatic heterocycles. The average molecular weight is 688 g/mol. The zero-order valence-electron chi connectivity index (χ0n) is 26.9. The van der Waals surface area contributed by atoms with Crippen LogP contribution in [0.5, 0.6) is 0 Å². The van der Waals surface area contributed by atoms with Gasteiger partial charge in [0.15, 0.2) is 6.29 Å². The number of amides is 2. The van der Waals surface area contributed by atoms with Gasteiger partial charge in [0.1, 0.15) is 42.2 Å². The van der Waals surface area contributed by atoms with Gasteiger partial charge in [-0.1, -0.05) is 50.2 Å². The summed E-state index contributed by atoms with van der Waals surface area (Å²) >= 11 is 0. The Kier molecular flexibility index (Phi) is 16.6. The number of carbonyl (C=O) groups is 4. The largest absolute Gasteiger partial charge is 0.481 e. The topological polar surface area (TPSA) is 272 Å². The SMILES string of the molecule is O=C(O)CC[C@@H](NC(=O)[C@H](COCc1cn(CCO[C@@H]2OC(CO)[C@@H](O)[C@H](O)C2O)nn1)NC(=O)CCCCC1CCCCC1)C(=O)O. The summed E-state index contributed by atoms with van der Waals surface area (Å²) in [7, 11) is 0. The highest BCUT2D eigenvalue weighted by Gasteiger charge is 2.44. The Morgan fingerprint density at radius 1 is 0.979 bits per heavy atom. The fraction of sp³-hybridized carbons (Fsp3) is 0.800. The van der Waals surface area contributed by atoms with Gasteiger partial charge in [0, 0.05) is 12.8 Å². The van der Waals surface area contributed by atoms with Gasteiger partial charge < -0.3 is 55.5 Å². The minimum atomic E-state index is -1.57. The summed E-state index contributed by atoms with van der Waals surface area (Å²) in [5.41, 5.74) is 0.348. The Morgan fingerprint density at radius 3 is 2.42 bits per heavy atom. The molecule has 48 heavy (non-hydrogen) atoms. The van der Waals surface area contributed by atoms with E-state index in [9.17, 15) is 44.7 Å². The van der Waals surface area contributed by atoms with Crippen LogP contribution in [-0.2, 0) is 46.5 Å². The standard InChI is InChI=1S/C30H49N5O13/c36-15-22-25(40)26(41)27(42)30(48-22)47-13-12-35-14-19(33-34-35)16-46-17-21(28(43)32-20(29(44)45)10-11-24(38)39)31-23(37)9-5-4-8-18-6-2-1-3-7-18/h14,18,20-22,25-27,30,36,40-42H,1-13,15-17H2,(H,31,37)(H,32,43)(H,38,39)(H,44,45)/t20-,21+,22?,25-,26+,27?,30-/m1/s1. The van der Waals surface area contributed by atoms with Crippen molar-refractivity contribution in [3.05, 3.63) is 11.9 Å². The van der Waals surface area contributed by atoms with Crippen LogP contribution in [0.2, 0.25) is 0 Å². The molecule has 18 heteroatoms. The number of rotatable bonds is 21. The van der Waals surface area contributed by atoms with Crippen LogP contribution in [0.25, 0.3) is 0 Å². The second-order valence-corrected chi connectivity index (χ2v) is 12.3. The molecule has 7 atom stereocenters. The van der Waals surface area contributed by atoms with Crippen LogP contribution in [0.4, 0.5) is 0 Å². The molecule has 2 heterocycles. The maximum Gasteiger partial charge on any atom is 0.326 e. The molecule has 1 aliphatic carbocycles. The van der Waals surface area contributed by atoms with Gasteiger partial charge in [-0.2, -0.15) is 0 Å². The molecule has 2 fully saturated rings. The Hall–Kier alpha value is -3.26. The Morgan fingerprint density at radius 2 is 1.73 bits per heavy atom. The summed E-state index contributed by atoms with van der Waals surface area (Å²) in [6, 6.07) is -2.74. The highest BCUT2D eigenvalue weighted by Crippen LogP contribution is 2.28. The van der Waals surface area contributed by atoms with E-state index in [1.807, 2.05) is 0 Å². The summed E-state index contributed by atoms with van der Waals surface area (Å²) < 4.78 is 17.8. The first-order valence-corrected chi connectivity index (χ1v) is 16.4. The number of aromatic nitrogens is 3. The molecule has 1 aromatic rings. The lowest BCUT2D eigenvalue weighted by atomic mass is 9.85. The lowest BCUT2D eigenvalue weighted by Gasteiger charge is -2.39. The van der Waals surface area contributed by atoms with Crippen molar-refractivity contribution >= 4 is 23.8 Å².